The van der Waals surface area contributed by atoms with Gasteiger partial charge in [-0.3, -0.25) is 4.79 Å². The van der Waals surface area contributed by atoms with Crippen molar-refractivity contribution in [2.45, 2.75) is 25.9 Å². The molecular weight excluding hydrogens is 526 g/mol. The number of benzene rings is 3. The fraction of sp³-hybridized carbons (Fsp3) is 0.226. The van der Waals surface area contributed by atoms with Crippen LogP contribution < -0.4 is 29.7 Å². The number of amides is 1. The number of nitrogens with zero attached hydrogens (tertiary/aromatic N) is 1. The smallest absolute Gasteiger partial charge is 0.344 e. The molecule has 0 unspecified atom stereocenters. The number of esters is 1. The molecule has 0 saturated heterocycles. The van der Waals surface area contributed by atoms with Crippen LogP contribution in [0.1, 0.15) is 29.8 Å². The molecule has 4 aromatic rings. The number of methoxy groups -OCH3 is 2. The van der Waals surface area contributed by atoms with E-state index >= 15 is 0 Å². The lowest BCUT2D eigenvalue weighted by Crippen LogP contribution is -2.52. The van der Waals surface area contributed by atoms with E-state index in [2.05, 4.69) is 10.6 Å². The van der Waals surface area contributed by atoms with Gasteiger partial charge < -0.3 is 29.7 Å². The van der Waals surface area contributed by atoms with Crippen molar-refractivity contribution in [3.8, 4) is 28.4 Å². The highest BCUT2D eigenvalue weighted by molar-refractivity contribution is 7.08. The summed E-state index contributed by atoms with van der Waals surface area (Å²) in [5.41, 5.74) is 4.76. The zero-order chi connectivity index (χ0) is 28.4. The van der Waals surface area contributed by atoms with Crippen molar-refractivity contribution in [2.75, 3.05) is 36.8 Å². The Bertz CT molecular complexity index is 1570. The normalized spacial score (nSPS) is 13.7. The quantitative estimate of drug-likeness (QED) is 0.191. The van der Waals surface area contributed by atoms with Crippen LogP contribution in [0.4, 0.5) is 17.1 Å². The molecule has 0 radical (unpaired) electrons. The Morgan fingerprint density at radius 3 is 2.48 bits per heavy atom. The number of likely N-dealkylation sites (N-methyl/N-ethyl adjacent to an activating group) is 1. The van der Waals surface area contributed by atoms with Gasteiger partial charge in [0.05, 0.1) is 36.8 Å². The van der Waals surface area contributed by atoms with Crippen LogP contribution >= 0.6 is 11.3 Å². The molecule has 8 nitrogen and oxygen atoms in total. The number of anilines is 3. The summed E-state index contributed by atoms with van der Waals surface area (Å²) in [4.78, 5) is 27.5. The van der Waals surface area contributed by atoms with Crippen LogP contribution in [0, 0.1) is 0 Å². The number of ether oxygens (including phenoxy) is 3. The summed E-state index contributed by atoms with van der Waals surface area (Å²) in [5.74, 6) is 1.15. The Morgan fingerprint density at radius 1 is 1.00 bits per heavy atom. The third-order valence-electron chi connectivity index (χ3n) is 6.90. The van der Waals surface area contributed by atoms with E-state index in [1.54, 1.807) is 49.7 Å². The SMILES string of the molecule is COc1ccccc1NCc1c(-c2ccc(OC(=O)c3ccsc3)cc2OC)ccc2c1N(C)C(=O)C(C)(C)N2. The summed E-state index contributed by atoms with van der Waals surface area (Å²) in [7, 11) is 5.00. The zero-order valence-electron chi connectivity index (χ0n) is 23.0. The Morgan fingerprint density at radius 2 is 1.75 bits per heavy atom. The summed E-state index contributed by atoms with van der Waals surface area (Å²) in [6.07, 6.45) is 0. The van der Waals surface area contributed by atoms with Crippen LogP contribution in [0.25, 0.3) is 11.1 Å². The molecule has 206 valence electrons. The molecule has 9 heteroatoms. The Kier molecular flexibility index (Phi) is 7.40. The predicted molar refractivity (Wildman–Crippen MR) is 159 cm³/mol. The standard InChI is InChI=1S/C31H31N3O5S/c1-31(2)30(36)34(3)28-23(17-32-24-8-6-7-9-26(24)37-4)21(12-13-25(28)33-31)22-11-10-20(16-27(22)38-5)39-29(35)19-14-15-40-18-19/h6-16,18,32-33H,17H2,1-5H3. The first-order valence-electron chi connectivity index (χ1n) is 12.8. The van der Waals surface area contributed by atoms with E-state index in [0.717, 1.165) is 33.8 Å². The van der Waals surface area contributed by atoms with Gasteiger partial charge in [-0.1, -0.05) is 18.2 Å². The average Bonchev–Trinajstić information content (AvgIpc) is 3.50. The minimum absolute atomic E-state index is 0.0432. The molecule has 2 N–H and O–H groups in total. The van der Waals surface area contributed by atoms with Crippen LogP contribution in [-0.2, 0) is 11.3 Å². The fourth-order valence-electron chi connectivity index (χ4n) is 4.94. The van der Waals surface area contributed by atoms with E-state index < -0.39 is 11.5 Å². The van der Waals surface area contributed by atoms with E-state index in [1.807, 2.05) is 61.7 Å². The predicted octanol–water partition coefficient (Wildman–Crippen LogP) is 6.43. The van der Waals surface area contributed by atoms with Crippen LogP contribution in [0.15, 0.2) is 71.4 Å². The van der Waals surface area contributed by atoms with E-state index in [-0.39, 0.29) is 5.91 Å². The lowest BCUT2D eigenvalue weighted by atomic mass is 9.91. The average molecular weight is 558 g/mol. The highest BCUT2D eigenvalue weighted by Crippen LogP contribution is 2.45. The highest BCUT2D eigenvalue weighted by Gasteiger charge is 2.38. The summed E-state index contributed by atoms with van der Waals surface area (Å²) in [6.45, 7) is 4.14. The second kappa shape index (κ2) is 10.9. The number of carbonyl (C=O) groups excluding carboxylic acids is 2. The molecule has 1 aromatic heterocycles. The van der Waals surface area contributed by atoms with Crippen molar-refractivity contribution >= 4 is 40.3 Å². The molecule has 3 aromatic carbocycles. The van der Waals surface area contributed by atoms with Crippen molar-refractivity contribution in [1.82, 2.24) is 0 Å². The first-order chi connectivity index (χ1) is 19.2. The number of para-hydroxylation sites is 2. The molecule has 0 aliphatic carbocycles. The van der Waals surface area contributed by atoms with Crippen molar-refractivity contribution in [3.05, 3.63) is 82.6 Å². The van der Waals surface area contributed by atoms with Gasteiger partial charge in [0.2, 0.25) is 0 Å². The van der Waals surface area contributed by atoms with Gasteiger partial charge in [0.15, 0.2) is 0 Å². The lowest BCUT2D eigenvalue weighted by molar-refractivity contribution is -0.121. The van der Waals surface area contributed by atoms with Gasteiger partial charge in [0.1, 0.15) is 22.8 Å². The van der Waals surface area contributed by atoms with Gasteiger partial charge in [-0.05, 0) is 61.2 Å². The summed E-state index contributed by atoms with van der Waals surface area (Å²) < 4.78 is 16.9. The molecule has 0 fully saturated rings. The third kappa shape index (κ3) is 5.08. The van der Waals surface area contributed by atoms with E-state index in [9.17, 15) is 9.59 Å². The zero-order valence-corrected chi connectivity index (χ0v) is 23.8. The summed E-state index contributed by atoms with van der Waals surface area (Å²) in [6, 6.07) is 18.7. The lowest BCUT2D eigenvalue weighted by Gasteiger charge is -2.40. The minimum atomic E-state index is -0.748. The highest BCUT2D eigenvalue weighted by atomic mass is 32.1. The monoisotopic (exact) mass is 557 g/mol. The van der Waals surface area contributed by atoms with Gasteiger partial charge in [-0.15, -0.1) is 0 Å². The minimum Gasteiger partial charge on any atom is -0.496 e. The second-order valence-electron chi connectivity index (χ2n) is 9.92. The maximum absolute atomic E-state index is 13.3. The van der Waals surface area contributed by atoms with Gasteiger partial charge >= 0.3 is 5.97 Å². The molecule has 2 heterocycles. The topological polar surface area (TPSA) is 89.1 Å². The fourth-order valence-corrected chi connectivity index (χ4v) is 5.57. The first-order valence-corrected chi connectivity index (χ1v) is 13.7. The van der Waals surface area contributed by atoms with E-state index in [1.165, 1.54) is 11.3 Å². The Balaban J connectivity index is 1.58. The number of carbonyl (C=O) groups is 2. The van der Waals surface area contributed by atoms with Crippen molar-refractivity contribution in [1.29, 1.82) is 0 Å². The molecule has 1 aliphatic rings. The van der Waals surface area contributed by atoms with Crippen molar-refractivity contribution in [3.63, 3.8) is 0 Å². The molecule has 0 saturated carbocycles. The van der Waals surface area contributed by atoms with Crippen molar-refractivity contribution in [2.24, 2.45) is 0 Å². The largest absolute Gasteiger partial charge is 0.496 e. The molecule has 0 atom stereocenters. The molecule has 40 heavy (non-hydrogen) atoms. The number of rotatable bonds is 8. The number of hydrogen-bond acceptors (Lipinski definition) is 8. The van der Waals surface area contributed by atoms with Crippen molar-refractivity contribution < 1.29 is 23.8 Å². The molecule has 1 aliphatic heterocycles. The maximum Gasteiger partial charge on any atom is 0.344 e. The first kappa shape index (κ1) is 27.1. The molecule has 5 rings (SSSR count). The van der Waals surface area contributed by atoms with Gasteiger partial charge in [-0.2, -0.15) is 11.3 Å². The van der Waals surface area contributed by atoms with E-state index in [0.29, 0.717) is 29.4 Å². The van der Waals surface area contributed by atoms with Crippen LogP contribution in [0.3, 0.4) is 0 Å². The molecule has 1 amide bonds. The molecule has 0 bridgehead atoms. The van der Waals surface area contributed by atoms with Crippen LogP contribution in [-0.4, -0.2) is 38.7 Å². The summed E-state index contributed by atoms with van der Waals surface area (Å²) in [5, 5.41) is 10.5. The van der Waals surface area contributed by atoms with Gasteiger partial charge in [0.25, 0.3) is 5.91 Å². The van der Waals surface area contributed by atoms with Gasteiger partial charge in [0, 0.05) is 36.2 Å². The molecular formula is C31H31N3O5S. The second-order valence-corrected chi connectivity index (χ2v) is 10.7. The number of nitrogens with one attached hydrogen (secondary N) is 2. The van der Waals surface area contributed by atoms with Crippen LogP contribution in [0.5, 0.6) is 17.2 Å². The number of thiophene rings is 1. The molecule has 0 spiro atoms. The van der Waals surface area contributed by atoms with Gasteiger partial charge in [-0.25, -0.2) is 4.79 Å². The Hall–Kier alpha value is -4.50. The maximum atomic E-state index is 13.3. The Labute approximate surface area is 237 Å². The number of fused-ring (bicyclic) bond motifs is 1. The van der Waals surface area contributed by atoms with E-state index in [4.69, 9.17) is 14.2 Å². The van der Waals surface area contributed by atoms with Crippen LogP contribution in [0.2, 0.25) is 0 Å². The third-order valence-corrected chi connectivity index (χ3v) is 7.58. The summed E-state index contributed by atoms with van der Waals surface area (Å²) >= 11 is 1.43. The number of hydrogen-bond donors (Lipinski definition) is 2.